The second kappa shape index (κ2) is 16.6. The highest BCUT2D eigenvalue weighted by Crippen LogP contribution is 2.63. The zero-order valence-electron chi connectivity index (χ0n) is 38.0. The molecule has 2 bridgehead atoms. The molecule has 1 aromatic heterocycles. The van der Waals surface area contributed by atoms with Gasteiger partial charge >= 0.3 is 5.69 Å². The molecule has 354 valence electrons. The van der Waals surface area contributed by atoms with Gasteiger partial charge in [-0.05, 0) is 118 Å². The van der Waals surface area contributed by atoms with Gasteiger partial charge in [-0.3, -0.25) is 43.7 Å². The summed E-state index contributed by atoms with van der Waals surface area (Å²) in [7, 11) is 1.66. The van der Waals surface area contributed by atoms with Gasteiger partial charge in [-0.25, -0.2) is 9.18 Å². The highest BCUT2D eigenvalue weighted by Gasteiger charge is 2.72. The fraction of sp³-hybridized carbons (Fsp3) is 0.500. The molecule has 4 aliphatic heterocycles. The molecule has 3 saturated heterocycles. The molecule has 4 N–H and O–H groups in total. The normalized spacial score (nSPS) is 29.7. The van der Waals surface area contributed by atoms with Crippen molar-refractivity contribution in [2.45, 2.75) is 131 Å². The van der Waals surface area contributed by atoms with Gasteiger partial charge in [0.15, 0.2) is 0 Å². The van der Waals surface area contributed by atoms with Crippen molar-refractivity contribution in [1.82, 2.24) is 30.0 Å². The molecule has 7 fully saturated rings. The number of hydrogen-bond donors (Lipinski definition) is 4. The minimum Gasteiger partial charge on any atom is -0.349 e. The van der Waals surface area contributed by atoms with Gasteiger partial charge in [0.25, 0.3) is 0 Å². The third-order valence-corrected chi connectivity index (χ3v) is 17.7. The first-order chi connectivity index (χ1) is 32.7. The van der Waals surface area contributed by atoms with Gasteiger partial charge in [0.2, 0.25) is 29.5 Å². The fourth-order valence-corrected chi connectivity index (χ4v) is 14.0. The van der Waals surface area contributed by atoms with E-state index in [1.54, 1.807) is 37.4 Å². The number of amides is 5. The first-order valence-corrected chi connectivity index (χ1v) is 24.9. The summed E-state index contributed by atoms with van der Waals surface area (Å²) >= 11 is 12.9. The topological polar surface area (TPSA) is 164 Å². The van der Waals surface area contributed by atoms with E-state index in [1.807, 2.05) is 23.1 Å². The van der Waals surface area contributed by atoms with Crippen molar-refractivity contribution in [3.05, 3.63) is 97.6 Å². The number of imide groups is 1. The first kappa shape index (κ1) is 45.0. The van der Waals surface area contributed by atoms with E-state index >= 15 is 9.18 Å². The summed E-state index contributed by atoms with van der Waals surface area (Å²) in [6.45, 7) is 1.21. The van der Waals surface area contributed by atoms with Gasteiger partial charge < -0.3 is 15.5 Å². The Morgan fingerprint density at radius 2 is 1.57 bits per heavy atom. The Kier molecular flexibility index (Phi) is 11.0. The molecular weight excluding hydrogens is 909 g/mol. The van der Waals surface area contributed by atoms with Crippen LogP contribution in [0.15, 0.2) is 59.4 Å². The summed E-state index contributed by atoms with van der Waals surface area (Å²) < 4.78 is 19.4. The number of likely N-dealkylation sites (tertiary alicyclic amines) is 1. The second-order valence-corrected chi connectivity index (χ2v) is 21.4. The van der Waals surface area contributed by atoms with Crippen LogP contribution in [0.1, 0.15) is 125 Å². The van der Waals surface area contributed by atoms with Crippen molar-refractivity contribution in [3.63, 3.8) is 0 Å². The standard InChI is InChI=1S/C52H54Cl2FN7O6/c1-60-39-28-31(10-13-37(39)62(48(60)68)38-14-15-40(63)57-44(38)64)9-8-30-16-26-61(27-17-30)47(67)49-20-23-50(24-21-49,25-22-49)59-45(65)43-41(33-6-5-7-35(54)42(33)55)52(51(58-43)18-3-2-4-19-51)34-12-11-32(53)29-36(34)56-46(52)66/h5-7,10-13,28-30,38,41,43,58H,2-4,14-27H2,1H3,(H,56,66)(H,59,65)(H,57,63,64)/t38?,41-,43+,49?,50?,52+/m0/s1. The van der Waals surface area contributed by atoms with Crippen LogP contribution in [0.25, 0.3) is 11.0 Å². The average Bonchev–Trinajstić information content (AvgIpc) is 3.89. The van der Waals surface area contributed by atoms with Crippen molar-refractivity contribution in [2.75, 3.05) is 18.4 Å². The lowest BCUT2D eigenvalue weighted by Crippen LogP contribution is -2.63. The van der Waals surface area contributed by atoms with Crippen LogP contribution in [0.2, 0.25) is 10.0 Å². The first-order valence-electron chi connectivity index (χ1n) is 24.2. The monoisotopic (exact) mass is 961 g/mol. The summed E-state index contributed by atoms with van der Waals surface area (Å²) in [5, 5.41) is 13.1. The zero-order valence-corrected chi connectivity index (χ0v) is 39.5. The van der Waals surface area contributed by atoms with Crippen LogP contribution in [0, 0.1) is 29.0 Å². The molecule has 4 aromatic rings. The predicted molar refractivity (Wildman–Crippen MR) is 254 cm³/mol. The van der Waals surface area contributed by atoms with Crippen LogP contribution >= 0.6 is 23.2 Å². The number of fused-ring (bicyclic) bond motifs is 7. The average molecular weight is 963 g/mol. The SMILES string of the molecule is Cn1c(=O)n(C2CCC(=O)NC2=O)c2ccc(C#CC3CCN(C(=O)C45CCC(NC(=O)[C@@H]6NC7(CCCCC7)[C@@]7(C(=O)Nc8cc(Cl)ccc87)[C@H]6c6cccc(Cl)c6F)(CC4)CC5)CC3)cc21. The third kappa shape index (κ3) is 6.88. The Labute approximate surface area is 403 Å². The fourth-order valence-electron chi connectivity index (χ4n) is 13.7. The molecule has 2 spiro atoms. The number of hydrogen-bond acceptors (Lipinski definition) is 7. The van der Waals surface area contributed by atoms with Crippen LogP contribution < -0.4 is 27.0 Å². The molecule has 13 nitrogen and oxygen atoms in total. The Hall–Kier alpha value is -5.49. The van der Waals surface area contributed by atoms with E-state index in [4.69, 9.17) is 23.2 Å². The van der Waals surface area contributed by atoms with E-state index in [9.17, 15) is 24.0 Å². The number of carbonyl (C=O) groups is 5. The Morgan fingerprint density at radius 3 is 2.29 bits per heavy atom. The van der Waals surface area contributed by atoms with Crippen LogP contribution in [-0.2, 0) is 36.4 Å². The quantitative estimate of drug-likeness (QED) is 0.125. The predicted octanol–water partition coefficient (Wildman–Crippen LogP) is 6.91. The highest BCUT2D eigenvalue weighted by molar-refractivity contribution is 6.31. The van der Waals surface area contributed by atoms with Gasteiger partial charge in [0.1, 0.15) is 17.3 Å². The maximum atomic E-state index is 16.5. The number of imidazole rings is 1. The number of anilines is 1. The van der Waals surface area contributed by atoms with Gasteiger partial charge in [0.05, 0.1) is 22.1 Å². The van der Waals surface area contributed by atoms with Crippen LogP contribution in [0.4, 0.5) is 10.1 Å². The molecule has 4 saturated carbocycles. The summed E-state index contributed by atoms with van der Waals surface area (Å²) in [6.07, 6.45) is 9.74. The summed E-state index contributed by atoms with van der Waals surface area (Å²) in [5.41, 5.74) is -0.00713. The Bertz CT molecular complexity index is 2930. The molecule has 3 aromatic carbocycles. The van der Waals surface area contributed by atoms with Crippen LogP contribution in [0.3, 0.4) is 0 Å². The molecule has 1 unspecified atom stereocenters. The lowest BCUT2D eigenvalue weighted by atomic mass is 9.55. The van der Waals surface area contributed by atoms with E-state index in [0.29, 0.717) is 91.8 Å². The van der Waals surface area contributed by atoms with Gasteiger partial charge in [-0.2, -0.15) is 0 Å². The number of halogens is 3. The van der Waals surface area contributed by atoms with Gasteiger partial charge in [-0.1, -0.05) is 72.5 Å². The van der Waals surface area contributed by atoms with E-state index < -0.39 is 51.6 Å². The Balaban J connectivity index is 0.775. The smallest absolute Gasteiger partial charge is 0.329 e. The van der Waals surface area contributed by atoms with E-state index in [1.165, 1.54) is 15.2 Å². The van der Waals surface area contributed by atoms with Crippen molar-refractivity contribution in [1.29, 1.82) is 0 Å². The molecule has 4 aliphatic carbocycles. The maximum absolute atomic E-state index is 16.5. The number of rotatable bonds is 5. The van der Waals surface area contributed by atoms with Crippen LogP contribution in [-0.4, -0.2) is 73.8 Å². The molecule has 16 heteroatoms. The highest BCUT2D eigenvalue weighted by atomic mass is 35.5. The van der Waals surface area contributed by atoms with E-state index in [-0.39, 0.29) is 58.7 Å². The molecule has 5 amide bonds. The number of piperidine rings is 2. The van der Waals surface area contributed by atoms with Gasteiger partial charge in [0, 0.05) is 71.2 Å². The van der Waals surface area contributed by atoms with Crippen molar-refractivity contribution >= 4 is 69.5 Å². The third-order valence-electron chi connectivity index (χ3n) is 17.2. The summed E-state index contributed by atoms with van der Waals surface area (Å²) in [6, 6.07) is 14.0. The van der Waals surface area contributed by atoms with Gasteiger partial charge in [-0.15, -0.1) is 0 Å². The van der Waals surface area contributed by atoms with E-state index in [2.05, 4.69) is 33.1 Å². The van der Waals surface area contributed by atoms with Crippen molar-refractivity contribution in [2.24, 2.45) is 18.4 Å². The number of aryl methyl sites for hydroxylation is 1. The number of nitrogens with zero attached hydrogens (tertiary/aromatic N) is 3. The number of aromatic nitrogens is 2. The largest absolute Gasteiger partial charge is 0.349 e. The van der Waals surface area contributed by atoms with E-state index in [0.717, 1.165) is 37.7 Å². The molecular formula is C52H54Cl2FN7O6. The molecule has 8 aliphatic rings. The molecule has 12 rings (SSSR count). The molecule has 4 atom stereocenters. The van der Waals surface area contributed by atoms with Crippen molar-refractivity contribution in [3.8, 4) is 11.8 Å². The number of benzene rings is 3. The lowest BCUT2D eigenvalue weighted by molar-refractivity contribution is -0.151. The lowest BCUT2D eigenvalue weighted by Gasteiger charge is -2.54. The molecule has 68 heavy (non-hydrogen) atoms. The number of nitrogens with one attached hydrogen (secondary N) is 4. The zero-order chi connectivity index (χ0) is 47.3. The number of carbonyl (C=O) groups excluding carboxylic acids is 5. The Morgan fingerprint density at radius 1 is 0.838 bits per heavy atom. The minimum atomic E-state index is -1.32. The minimum absolute atomic E-state index is 0.0712. The summed E-state index contributed by atoms with van der Waals surface area (Å²) in [4.78, 5) is 84.0. The second-order valence-electron chi connectivity index (χ2n) is 20.6. The maximum Gasteiger partial charge on any atom is 0.329 e. The summed E-state index contributed by atoms with van der Waals surface area (Å²) in [5.74, 6) is 4.06. The molecule has 0 radical (unpaired) electrons. The molecule has 5 heterocycles. The van der Waals surface area contributed by atoms with Crippen LogP contribution in [0.5, 0.6) is 0 Å². The van der Waals surface area contributed by atoms with Crippen molar-refractivity contribution < 1.29 is 28.4 Å².